The lowest BCUT2D eigenvalue weighted by Crippen LogP contribution is -2.34. The number of carbonyl (C=O) groups is 3. The lowest BCUT2D eigenvalue weighted by atomic mass is 10.1. The Balaban J connectivity index is 4.48. The largest absolute Gasteiger partial charge is 0.480 e. The molecule has 11 nitrogen and oxygen atoms in total. The summed E-state index contributed by atoms with van der Waals surface area (Å²) in [5.41, 5.74) is 5.34. The molecule has 0 rings (SSSR count). The van der Waals surface area contributed by atoms with Crippen LogP contribution < -0.4 is 5.73 Å². The predicted molar refractivity (Wildman–Crippen MR) is 263 cm³/mol. The summed E-state index contributed by atoms with van der Waals surface area (Å²) in [5, 5.41) is 8.91. The van der Waals surface area contributed by atoms with Gasteiger partial charge in [0.1, 0.15) is 12.6 Å². The fraction of sp³-hybridized carbons (Fsp3) is 0.635. The molecule has 0 aromatic rings. The summed E-state index contributed by atoms with van der Waals surface area (Å²) in [4.78, 5) is 46.1. The fourth-order valence-corrected chi connectivity index (χ4v) is 6.76. The van der Waals surface area contributed by atoms with Gasteiger partial charge in [0.25, 0.3) is 0 Å². The second-order valence-electron chi connectivity index (χ2n) is 15.9. The average molecular weight is 916 g/mol. The minimum atomic E-state index is -4.75. The number of ether oxygens (including phenoxy) is 2. The van der Waals surface area contributed by atoms with Gasteiger partial charge in [-0.15, -0.1) is 0 Å². The van der Waals surface area contributed by atoms with Gasteiger partial charge in [0.15, 0.2) is 6.10 Å². The van der Waals surface area contributed by atoms with Gasteiger partial charge >= 0.3 is 25.7 Å². The molecule has 0 saturated carbocycles. The first-order valence-corrected chi connectivity index (χ1v) is 25.8. The molecule has 0 radical (unpaired) electrons. The van der Waals surface area contributed by atoms with Crippen LogP contribution in [-0.2, 0) is 37.5 Å². The Morgan fingerprint density at radius 2 is 0.844 bits per heavy atom. The smallest absolute Gasteiger partial charge is 0.472 e. The highest BCUT2D eigenvalue weighted by Gasteiger charge is 2.28. The standard InChI is InChI=1S/C52H86NO10P/c1-3-5-7-9-11-13-15-17-19-21-23-24-26-27-29-31-33-35-37-39-41-43-50(54)60-45-48(46-61-64(58,59)62-47-49(53)52(56)57)63-51(55)44-42-40-38-36-34-32-30-28-25-22-20-18-16-14-12-10-8-6-4-2/h12,14,18-21,24-26,28-29,31-32,34-35,37,48-49H,3-11,13,15-17,22-23,27,30,33,36,38-47,53H2,1-2H3,(H,56,57)(H,58,59)/b14-12+,20-18+,21-19+,26-24+,28-25+,31-29+,34-32+,37-35+/t48-,49+/m1/s1. The number of nitrogens with two attached hydrogens (primary N) is 1. The molecule has 12 heteroatoms. The normalized spacial score (nSPS) is 14.4. The number of rotatable bonds is 44. The van der Waals surface area contributed by atoms with E-state index in [0.717, 1.165) is 64.2 Å². The monoisotopic (exact) mass is 916 g/mol. The van der Waals surface area contributed by atoms with Crippen molar-refractivity contribution >= 4 is 25.7 Å². The highest BCUT2D eigenvalue weighted by Crippen LogP contribution is 2.43. The van der Waals surface area contributed by atoms with E-state index in [1.807, 2.05) is 6.08 Å². The van der Waals surface area contributed by atoms with Crippen LogP contribution in [-0.4, -0.2) is 59.9 Å². The molecule has 64 heavy (non-hydrogen) atoms. The summed E-state index contributed by atoms with van der Waals surface area (Å²) in [7, 11) is -4.75. The lowest BCUT2D eigenvalue weighted by Gasteiger charge is -2.20. The van der Waals surface area contributed by atoms with E-state index in [1.54, 1.807) is 0 Å². The third kappa shape index (κ3) is 45.0. The number of esters is 2. The summed E-state index contributed by atoms with van der Waals surface area (Å²) < 4.78 is 32.7. The predicted octanol–water partition coefficient (Wildman–Crippen LogP) is 13.6. The van der Waals surface area contributed by atoms with Crippen LogP contribution in [0.15, 0.2) is 97.2 Å². The third-order valence-corrected chi connectivity index (χ3v) is 10.8. The minimum absolute atomic E-state index is 0.106. The number of aliphatic carboxylic acids is 1. The van der Waals surface area contributed by atoms with Crippen molar-refractivity contribution in [2.24, 2.45) is 5.73 Å². The van der Waals surface area contributed by atoms with Crippen molar-refractivity contribution in [2.75, 3.05) is 19.8 Å². The lowest BCUT2D eigenvalue weighted by molar-refractivity contribution is -0.161. The van der Waals surface area contributed by atoms with Crippen LogP contribution in [0, 0.1) is 0 Å². The van der Waals surface area contributed by atoms with Gasteiger partial charge in [-0.2, -0.15) is 0 Å². The Morgan fingerprint density at radius 1 is 0.484 bits per heavy atom. The molecule has 0 heterocycles. The number of carboxylic acid groups (broad SMARTS) is 1. The SMILES string of the molecule is CCCCC/C=C/C/C=C/C/C=C/C/C=C/CCCCCC(=O)O[C@H](COC(=O)CCC/C=C/C/C=C/C/C=C/C/C=C/CCCCCCCCC)COP(=O)(O)OC[C@H](N)C(=O)O. The van der Waals surface area contributed by atoms with E-state index in [1.165, 1.54) is 70.6 Å². The highest BCUT2D eigenvalue weighted by atomic mass is 31.2. The van der Waals surface area contributed by atoms with Crippen molar-refractivity contribution in [3.05, 3.63) is 97.2 Å². The Labute approximate surface area is 387 Å². The Bertz CT molecular complexity index is 1450. The molecular formula is C52H86NO10P. The maximum Gasteiger partial charge on any atom is 0.472 e. The molecule has 0 aliphatic heterocycles. The van der Waals surface area contributed by atoms with Crippen molar-refractivity contribution in [1.82, 2.24) is 0 Å². The second kappa shape index (κ2) is 45.9. The molecule has 4 N–H and O–H groups in total. The average Bonchev–Trinajstić information content (AvgIpc) is 3.27. The van der Waals surface area contributed by atoms with Gasteiger partial charge in [-0.3, -0.25) is 23.4 Å². The van der Waals surface area contributed by atoms with E-state index < -0.39 is 57.7 Å². The maximum atomic E-state index is 12.7. The molecule has 0 aromatic carbocycles. The van der Waals surface area contributed by atoms with Crippen LogP contribution in [0.5, 0.6) is 0 Å². The van der Waals surface area contributed by atoms with Crippen LogP contribution in [0.25, 0.3) is 0 Å². The number of hydrogen-bond acceptors (Lipinski definition) is 9. The highest BCUT2D eigenvalue weighted by molar-refractivity contribution is 7.47. The van der Waals surface area contributed by atoms with Crippen molar-refractivity contribution in [3.8, 4) is 0 Å². The Morgan fingerprint density at radius 3 is 1.31 bits per heavy atom. The first-order valence-electron chi connectivity index (χ1n) is 24.3. The Hall–Kier alpha value is -3.60. The summed E-state index contributed by atoms with van der Waals surface area (Å²) in [6, 6.07) is -1.54. The van der Waals surface area contributed by atoms with E-state index in [0.29, 0.717) is 19.3 Å². The van der Waals surface area contributed by atoms with Crippen LogP contribution in [0.1, 0.15) is 181 Å². The van der Waals surface area contributed by atoms with Gasteiger partial charge in [-0.1, -0.05) is 169 Å². The number of carboxylic acids is 1. The van der Waals surface area contributed by atoms with Gasteiger partial charge < -0.3 is 25.2 Å². The molecule has 1 unspecified atom stereocenters. The number of allylic oxidation sites excluding steroid dienone is 16. The van der Waals surface area contributed by atoms with Crippen molar-refractivity contribution in [3.63, 3.8) is 0 Å². The quantitative estimate of drug-likeness (QED) is 0.0230. The van der Waals surface area contributed by atoms with Crippen molar-refractivity contribution in [2.45, 2.75) is 193 Å². The van der Waals surface area contributed by atoms with Crippen LogP contribution in [0.2, 0.25) is 0 Å². The molecule has 0 amide bonds. The van der Waals surface area contributed by atoms with E-state index in [-0.39, 0.29) is 12.8 Å². The number of carbonyl (C=O) groups excluding carboxylic acids is 2. The van der Waals surface area contributed by atoms with Gasteiger partial charge in [0.05, 0.1) is 13.2 Å². The second-order valence-corrected chi connectivity index (χ2v) is 17.3. The number of phosphoric acid groups is 1. The summed E-state index contributed by atoms with van der Waals surface area (Å²) in [6.45, 7) is 2.68. The third-order valence-electron chi connectivity index (χ3n) is 9.80. The molecule has 364 valence electrons. The summed E-state index contributed by atoms with van der Waals surface area (Å²) >= 11 is 0. The van der Waals surface area contributed by atoms with E-state index in [2.05, 4.69) is 110 Å². The Kier molecular flexibility index (Phi) is 43.4. The minimum Gasteiger partial charge on any atom is -0.480 e. The summed E-state index contributed by atoms with van der Waals surface area (Å²) in [6.07, 6.45) is 59.1. The fourth-order valence-electron chi connectivity index (χ4n) is 5.98. The molecule has 3 atom stereocenters. The van der Waals surface area contributed by atoms with Crippen LogP contribution in [0.3, 0.4) is 0 Å². The molecule has 0 spiro atoms. The molecule has 0 aliphatic carbocycles. The van der Waals surface area contributed by atoms with E-state index in [4.69, 9.17) is 24.8 Å². The molecule has 0 bridgehead atoms. The first-order chi connectivity index (χ1) is 31.1. The van der Waals surface area contributed by atoms with Gasteiger partial charge in [-0.25, -0.2) is 4.57 Å². The number of unbranched alkanes of at least 4 members (excludes halogenated alkanes) is 14. The number of phosphoric ester groups is 1. The molecular weight excluding hydrogens is 830 g/mol. The maximum absolute atomic E-state index is 12.7. The van der Waals surface area contributed by atoms with Crippen LogP contribution in [0.4, 0.5) is 0 Å². The first kappa shape index (κ1) is 60.4. The van der Waals surface area contributed by atoms with Gasteiger partial charge in [-0.05, 0) is 96.3 Å². The summed E-state index contributed by atoms with van der Waals surface area (Å²) in [5.74, 6) is -2.50. The van der Waals surface area contributed by atoms with Crippen molar-refractivity contribution < 1.29 is 47.5 Å². The molecule has 0 aliphatic rings. The number of hydrogen-bond donors (Lipinski definition) is 3. The molecule has 0 aromatic heterocycles. The van der Waals surface area contributed by atoms with Gasteiger partial charge in [0, 0.05) is 12.8 Å². The van der Waals surface area contributed by atoms with E-state index >= 15 is 0 Å². The van der Waals surface area contributed by atoms with E-state index in [9.17, 15) is 23.8 Å². The van der Waals surface area contributed by atoms with Gasteiger partial charge in [0.2, 0.25) is 0 Å². The molecule has 0 saturated heterocycles. The van der Waals surface area contributed by atoms with Crippen LogP contribution >= 0.6 is 7.82 Å². The zero-order valence-corrected chi connectivity index (χ0v) is 40.5. The zero-order valence-electron chi connectivity index (χ0n) is 39.6. The zero-order chi connectivity index (χ0) is 47.0. The topological polar surface area (TPSA) is 172 Å². The van der Waals surface area contributed by atoms with Crippen molar-refractivity contribution in [1.29, 1.82) is 0 Å². The molecule has 0 fully saturated rings.